The molecule has 0 atom stereocenters. The largest absolute Gasteiger partial charge is 0.431 e. The molecule has 0 aliphatic rings. The van der Waals surface area contributed by atoms with Crippen molar-refractivity contribution < 1.29 is 35.1 Å². The first-order chi connectivity index (χ1) is 7.97. The first-order valence-electron chi connectivity index (χ1n) is 4.54. The van der Waals surface area contributed by atoms with E-state index < -0.39 is 35.8 Å². The van der Waals surface area contributed by atoms with E-state index in [-0.39, 0.29) is 0 Å². The Labute approximate surface area is 96.2 Å². The maximum Gasteiger partial charge on any atom is 0.431 e. The van der Waals surface area contributed by atoms with Gasteiger partial charge in [-0.2, -0.15) is 26.3 Å². The van der Waals surface area contributed by atoms with Crippen LogP contribution in [0.2, 0.25) is 0 Å². The van der Waals surface area contributed by atoms with E-state index in [0.717, 1.165) is 0 Å². The number of halogens is 8. The Bertz CT molecular complexity index is 385. The third-order valence-corrected chi connectivity index (χ3v) is 2.26. The van der Waals surface area contributed by atoms with Gasteiger partial charge in [0.2, 0.25) is 0 Å². The van der Waals surface area contributed by atoms with Crippen LogP contribution in [-0.4, -0.2) is 18.0 Å². The lowest BCUT2D eigenvalue weighted by Crippen LogP contribution is -2.54. The smallest absolute Gasteiger partial charge is 0.223 e. The summed E-state index contributed by atoms with van der Waals surface area (Å²) < 4.78 is 98.9. The van der Waals surface area contributed by atoms with Crippen LogP contribution in [0.4, 0.5) is 35.1 Å². The zero-order valence-corrected chi connectivity index (χ0v) is 8.54. The molecule has 0 saturated heterocycles. The molecule has 0 spiro atoms. The molecule has 8 heteroatoms. The van der Waals surface area contributed by atoms with Crippen molar-refractivity contribution in [3.8, 4) is 0 Å². The van der Waals surface area contributed by atoms with E-state index in [1.54, 1.807) is 0 Å². The number of hydrogen-bond acceptors (Lipinski definition) is 0. The summed E-state index contributed by atoms with van der Waals surface area (Å²) in [5.74, 6) is -0.845. The Balaban J connectivity index is 3.12. The van der Waals surface area contributed by atoms with Crippen LogP contribution in [0.1, 0.15) is 5.56 Å². The van der Waals surface area contributed by atoms with Gasteiger partial charge in [-0.3, -0.25) is 0 Å². The molecule has 0 unspecified atom stereocenters. The summed E-state index contributed by atoms with van der Waals surface area (Å²) in [6.07, 6.45) is -14.1. The molecule has 0 amide bonds. The summed E-state index contributed by atoms with van der Waals surface area (Å²) in [4.78, 5) is 0. The maximum atomic E-state index is 13.2. The summed E-state index contributed by atoms with van der Waals surface area (Å²) in [5, 5.41) is 0. The highest BCUT2D eigenvalue weighted by atomic mass is 19.4. The zero-order valence-electron chi connectivity index (χ0n) is 8.54. The molecular formula is C10H6F8. The SMILES string of the molecule is Fc1ccc(CC(F)(C(F)(F)F)C(F)(F)F)cc1. The lowest BCUT2D eigenvalue weighted by molar-refractivity contribution is -0.340. The summed E-state index contributed by atoms with van der Waals surface area (Å²) >= 11 is 0. The lowest BCUT2D eigenvalue weighted by Gasteiger charge is -2.30. The van der Waals surface area contributed by atoms with Gasteiger partial charge in [-0.15, -0.1) is 0 Å². The van der Waals surface area contributed by atoms with E-state index in [0.29, 0.717) is 24.3 Å². The van der Waals surface area contributed by atoms with Gasteiger partial charge in [0.15, 0.2) is 0 Å². The van der Waals surface area contributed by atoms with Crippen molar-refractivity contribution >= 4 is 0 Å². The van der Waals surface area contributed by atoms with Crippen molar-refractivity contribution in [1.82, 2.24) is 0 Å². The molecule has 1 aromatic rings. The van der Waals surface area contributed by atoms with E-state index in [9.17, 15) is 35.1 Å². The van der Waals surface area contributed by atoms with Gasteiger partial charge in [0.05, 0.1) is 0 Å². The molecule has 0 radical (unpaired) electrons. The Morgan fingerprint density at radius 3 is 1.44 bits per heavy atom. The average molecular weight is 278 g/mol. The first-order valence-corrected chi connectivity index (χ1v) is 4.54. The molecule has 1 rings (SSSR count). The molecule has 0 N–H and O–H groups in total. The van der Waals surface area contributed by atoms with Crippen molar-refractivity contribution in [3.63, 3.8) is 0 Å². The lowest BCUT2D eigenvalue weighted by atomic mass is 9.95. The topological polar surface area (TPSA) is 0 Å². The van der Waals surface area contributed by atoms with Crippen LogP contribution in [-0.2, 0) is 6.42 Å². The molecule has 0 aliphatic heterocycles. The van der Waals surface area contributed by atoms with Crippen LogP contribution in [0.15, 0.2) is 24.3 Å². The molecule has 0 aliphatic carbocycles. The fourth-order valence-electron chi connectivity index (χ4n) is 1.24. The summed E-state index contributed by atoms with van der Waals surface area (Å²) in [6.45, 7) is 0. The molecule has 0 bridgehead atoms. The van der Waals surface area contributed by atoms with Gasteiger partial charge in [-0.1, -0.05) is 12.1 Å². The van der Waals surface area contributed by atoms with Crippen molar-refractivity contribution in [3.05, 3.63) is 35.6 Å². The summed E-state index contributed by atoms with van der Waals surface area (Å²) in [7, 11) is 0. The standard InChI is InChI=1S/C10H6F8/c11-7-3-1-6(2-4-7)5-8(12,9(13,14)15)10(16,17)18/h1-4H,5H2. The van der Waals surface area contributed by atoms with Crippen LogP contribution >= 0.6 is 0 Å². The molecule has 0 saturated carbocycles. The van der Waals surface area contributed by atoms with E-state index >= 15 is 0 Å². The van der Waals surface area contributed by atoms with Gasteiger partial charge in [-0.05, 0) is 17.7 Å². The van der Waals surface area contributed by atoms with E-state index in [1.165, 1.54) is 0 Å². The molecule has 0 heterocycles. The molecule has 102 valence electrons. The van der Waals surface area contributed by atoms with Crippen LogP contribution in [0.25, 0.3) is 0 Å². The van der Waals surface area contributed by atoms with Gasteiger partial charge in [-0.25, -0.2) is 8.78 Å². The van der Waals surface area contributed by atoms with Crippen molar-refractivity contribution in [1.29, 1.82) is 0 Å². The van der Waals surface area contributed by atoms with Gasteiger partial charge >= 0.3 is 18.0 Å². The average Bonchev–Trinajstić information content (AvgIpc) is 2.18. The molecule has 18 heavy (non-hydrogen) atoms. The van der Waals surface area contributed by atoms with Crippen LogP contribution in [0.5, 0.6) is 0 Å². The Kier molecular flexibility index (Phi) is 3.60. The maximum absolute atomic E-state index is 13.2. The number of hydrogen-bond donors (Lipinski definition) is 0. The third-order valence-electron chi connectivity index (χ3n) is 2.26. The normalized spacial score (nSPS) is 13.8. The van der Waals surface area contributed by atoms with E-state index in [1.807, 2.05) is 0 Å². The third kappa shape index (κ3) is 2.73. The predicted octanol–water partition coefficient (Wildman–Crippen LogP) is 4.20. The number of benzene rings is 1. The first kappa shape index (κ1) is 14.7. The molecule has 0 aromatic heterocycles. The molecule has 0 nitrogen and oxygen atoms in total. The summed E-state index contributed by atoms with van der Waals surface area (Å²) in [6, 6.07) is 2.65. The summed E-state index contributed by atoms with van der Waals surface area (Å²) in [5.41, 5.74) is -5.95. The van der Waals surface area contributed by atoms with Gasteiger partial charge in [0.25, 0.3) is 0 Å². The highest BCUT2D eigenvalue weighted by molar-refractivity contribution is 5.20. The van der Waals surface area contributed by atoms with E-state index in [2.05, 4.69) is 0 Å². The second kappa shape index (κ2) is 4.40. The number of alkyl halides is 7. The monoisotopic (exact) mass is 278 g/mol. The minimum Gasteiger partial charge on any atom is -0.223 e. The van der Waals surface area contributed by atoms with Crippen LogP contribution in [0, 0.1) is 5.82 Å². The van der Waals surface area contributed by atoms with Crippen molar-refractivity contribution in [2.24, 2.45) is 0 Å². The molecule has 0 fully saturated rings. The zero-order chi connectivity index (χ0) is 14.2. The molecular weight excluding hydrogens is 272 g/mol. The van der Waals surface area contributed by atoms with Crippen LogP contribution < -0.4 is 0 Å². The second-order valence-corrected chi connectivity index (χ2v) is 3.60. The Hall–Kier alpha value is -1.34. The van der Waals surface area contributed by atoms with Gasteiger partial charge < -0.3 is 0 Å². The minimum absolute atomic E-state index is 0.603. The van der Waals surface area contributed by atoms with Gasteiger partial charge in [0.1, 0.15) is 5.82 Å². The number of rotatable bonds is 2. The van der Waals surface area contributed by atoms with Gasteiger partial charge in [0, 0.05) is 6.42 Å². The Morgan fingerprint density at radius 1 is 0.722 bits per heavy atom. The molecule has 1 aromatic carbocycles. The highest BCUT2D eigenvalue weighted by Crippen LogP contribution is 2.48. The van der Waals surface area contributed by atoms with Crippen molar-refractivity contribution in [2.75, 3.05) is 0 Å². The van der Waals surface area contributed by atoms with E-state index in [4.69, 9.17) is 0 Å². The second-order valence-electron chi connectivity index (χ2n) is 3.60. The van der Waals surface area contributed by atoms with Crippen molar-refractivity contribution in [2.45, 2.75) is 24.4 Å². The highest BCUT2D eigenvalue weighted by Gasteiger charge is 2.72. The fourth-order valence-corrected chi connectivity index (χ4v) is 1.24. The fraction of sp³-hybridized carbons (Fsp3) is 0.400. The quantitative estimate of drug-likeness (QED) is 0.711. The minimum atomic E-state index is -6.10. The Morgan fingerprint density at radius 2 is 1.11 bits per heavy atom. The predicted molar refractivity (Wildman–Crippen MR) is 46.1 cm³/mol. The van der Waals surface area contributed by atoms with Crippen LogP contribution in [0.3, 0.4) is 0 Å².